The fourth-order valence-corrected chi connectivity index (χ4v) is 2.37. The molecule has 1 aromatic heterocycles. The van der Waals surface area contributed by atoms with E-state index in [1.807, 2.05) is 13.8 Å². The molecule has 26 heavy (non-hydrogen) atoms. The minimum absolute atomic E-state index is 0.0469. The van der Waals surface area contributed by atoms with Crippen molar-refractivity contribution in [2.45, 2.75) is 39.8 Å². The number of hydrogen-bond acceptors (Lipinski definition) is 6. The van der Waals surface area contributed by atoms with Gasteiger partial charge in [0.2, 0.25) is 0 Å². The van der Waals surface area contributed by atoms with Crippen LogP contribution in [0.5, 0.6) is 0 Å². The van der Waals surface area contributed by atoms with E-state index >= 15 is 0 Å². The zero-order valence-corrected chi connectivity index (χ0v) is 14.9. The Balaban J connectivity index is 2.09. The highest BCUT2D eigenvalue weighted by Gasteiger charge is 2.24. The van der Waals surface area contributed by atoms with Crippen LogP contribution in [-0.2, 0) is 9.53 Å². The number of nitrogens with one attached hydrogen (secondary N) is 1. The van der Waals surface area contributed by atoms with Crippen LogP contribution in [0.25, 0.3) is 0 Å². The largest absolute Gasteiger partial charge is 0.449 e. The molecule has 1 N–H and O–H groups in total. The van der Waals surface area contributed by atoms with Crippen molar-refractivity contribution in [3.63, 3.8) is 0 Å². The zero-order chi connectivity index (χ0) is 19.4. The fourth-order valence-electron chi connectivity index (χ4n) is 2.37. The third kappa shape index (κ3) is 4.05. The normalized spacial score (nSPS) is 11.9. The van der Waals surface area contributed by atoms with E-state index in [-0.39, 0.29) is 22.9 Å². The second-order valence-electron chi connectivity index (χ2n) is 6.00. The van der Waals surface area contributed by atoms with Gasteiger partial charge < -0.3 is 10.1 Å². The zero-order valence-electron chi connectivity index (χ0n) is 14.9. The summed E-state index contributed by atoms with van der Waals surface area (Å²) in [5.74, 6) is -0.838. The van der Waals surface area contributed by atoms with Crippen LogP contribution in [0, 0.1) is 17.0 Å². The first-order valence-corrected chi connectivity index (χ1v) is 8.01. The molecule has 0 saturated carbocycles. The molecule has 1 amide bonds. The smallest absolute Gasteiger partial charge is 0.339 e. The second-order valence-corrected chi connectivity index (χ2v) is 6.00. The molecule has 0 saturated heterocycles. The minimum Gasteiger partial charge on any atom is -0.449 e. The minimum atomic E-state index is -1.09. The van der Waals surface area contributed by atoms with Gasteiger partial charge in [-0.15, -0.1) is 0 Å². The lowest BCUT2D eigenvalue weighted by molar-refractivity contribution is -0.385. The molecule has 0 aliphatic heterocycles. The Bertz CT molecular complexity index is 843. The Morgan fingerprint density at radius 1 is 1.27 bits per heavy atom. The number of anilines is 1. The van der Waals surface area contributed by atoms with Crippen molar-refractivity contribution in [3.05, 3.63) is 51.7 Å². The molecule has 0 aliphatic carbocycles. The Kier molecular flexibility index (Phi) is 5.71. The maximum absolute atomic E-state index is 12.3. The number of nitro benzene ring substituents is 1. The predicted octanol–water partition coefficient (Wildman–Crippen LogP) is 2.86. The first-order chi connectivity index (χ1) is 12.2. The third-order valence-electron chi connectivity index (χ3n) is 3.79. The highest BCUT2D eigenvalue weighted by atomic mass is 16.6. The van der Waals surface area contributed by atoms with Crippen molar-refractivity contribution >= 4 is 23.4 Å². The summed E-state index contributed by atoms with van der Waals surface area (Å²) in [7, 11) is 0. The van der Waals surface area contributed by atoms with Crippen molar-refractivity contribution in [1.82, 2.24) is 9.78 Å². The van der Waals surface area contributed by atoms with E-state index in [2.05, 4.69) is 10.4 Å². The van der Waals surface area contributed by atoms with E-state index in [4.69, 9.17) is 4.74 Å². The van der Waals surface area contributed by atoms with Gasteiger partial charge in [0, 0.05) is 23.7 Å². The molecule has 1 atom stereocenters. The molecule has 0 aliphatic rings. The van der Waals surface area contributed by atoms with Gasteiger partial charge in [-0.05, 0) is 33.8 Å². The quantitative estimate of drug-likeness (QED) is 0.481. The molecule has 9 nitrogen and oxygen atoms in total. The number of nitro groups is 1. The van der Waals surface area contributed by atoms with E-state index < -0.39 is 22.9 Å². The molecule has 0 spiro atoms. The summed E-state index contributed by atoms with van der Waals surface area (Å²) in [6, 6.07) is 5.80. The van der Waals surface area contributed by atoms with Crippen LogP contribution in [-0.4, -0.2) is 32.7 Å². The topological polar surface area (TPSA) is 116 Å². The van der Waals surface area contributed by atoms with E-state index in [0.717, 1.165) is 0 Å². The standard InChI is InChI=1S/C17H20N4O5/c1-10(2)20-15(8-9-18-20)19-16(22)12(4)26-17(23)13-6-5-7-14(11(13)3)21(24)25/h5-10,12H,1-4H3,(H,19,22)/t12-/m0/s1. The van der Waals surface area contributed by atoms with Crippen molar-refractivity contribution in [3.8, 4) is 0 Å². The Labute approximate surface area is 150 Å². The van der Waals surface area contributed by atoms with Crippen LogP contribution in [0.4, 0.5) is 11.5 Å². The highest BCUT2D eigenvalue weighted by molar-refractivity contribution is 5.97. The highest BCUT2D eigenvalue weighted by Crippen LogP contribution is 2.22. The molecular weight excluding hydrogens is 340 g/mol. The summed E-state index contributed by atoms with van der Waals surface area (Å²) in [5.41, 5.74) is 0.0523. The lowest BCUT2D eigenvalue weighted by atomic mass is 10.1. The van der Waals surface area contributed by atoms with E-state index in [0.29, 0.717) is 5.82 Å². The van der Waals surface area contributed by atoms with Gasteiger partial charge >= 0.3 is 5.97 Å². The Hall–Kier alpha value is -3.23. The number of hydrogen-bond donors (Lipinski definition) is 1. The summed E-state index contributed by atoms with van der Waals surface area (Å²) < 4.78 is 6.78. The van der Waals surface area contributed by atoms with Crippen LogP contribution in [0.15, 0.2) is 30.5 Å². The number of benzene rings is 1. The molecule has 138 valence electrons. The van der Waals surface area contributed by atoms with E-state index in [9.17, 15) is 19.7 Å². The monoisotopic (exact) mass is 360 g/mol. The fraction of sp³-hybridized carbons (Fsp3) is 0.353. The lowest BCUT2D eigenvalue weighted by Gasteiger charge is -2.16. The molecule has 0 radical (unpaired) electrons. The predicted molar refractivity (Wildman–Crippen MR) is 94.0 cm³/mol. The molecule has 1 heterocycles. The third-order valence-corrected chi connectivity index (χ3v) is 3.79. The SMILES string of the molecule is Cc1c(C(=O)O[C@@H](C)C(=O)Nc2ccnn2C(C)C)cccc1[N+](=O)[O-]. The first kappa shape index (κ1) is 19.1. The number of rotatable bonds is 6. The Morgan fingerprint density at radius 2 is 1.96 bits per heavy atom. The summed E-state index contributed by atoms with van der Waals surface area (Å²) in [6.07, 6.45) is 0.468. The summed E-state index contributed by atoms with van der Waals surface area (Å²) in [5, 5.41) is 17.7. The van der Waals surface area contributed by atoms with Gasteiger partial charge in [-0.25, -0.2) is 9.48 Å². The summed E-state index contributed by atoms with van der Waals surface area (Å²) in [6.45, 7) is 6.71. The van der Waals surface area contributed by atoms with Crippen LogP contribution >= 0.6 is 0 Å². The van der Waals surface area contributed by atoms with Crippen LogP contribution in [0.2, 0.25) is 0 Å². The van der Waals surface area contributed by atoms with Gasteiger partial charge in [0.15, 0.2) is 6.10 Å². The van der Waals surface area contributed by atoms with Crippen molar-refractivity contribution in [2.24, 2.45) is 0 Å². The van der Waals surface area contributed by atoms with Crippen LogP contribution in [0.3, 0.4) is 0 Å². The number of nitrogens with zero attached hydrogens (tertiary/aromatic N) is 3. The van der Waals surface area contributed by atoms with E-state index in [1.54, 1.807) is 16.9 Å². The van der Waals surface area contributed by atoms with Gasteiger partial charge in [0.25, 0.3) is 11.6 Å². The molecular formula is C17H20N4O5. The summed E-state index contributed by atoms with van der Waals surface area (Å²) in [4.78, 5) is 35.0. The van der Waals surface area contributed by atoms with Crippen LogP contribution in [0.1, 0.15) is 42.7 Å². The number of esters is 1. The number of carbonyl (C=O) groups is 2. The first-order valence-electron chi connectivity index (χ1n) is 8.01. The lowest BCUT2D eigenvalue weighted by Crippen LogP contribution is -2.31. The van der Waals surface area contributed by atoms with E-state index in [1.165, 1.54) is 32.0 Å². The summed E-state index contributed by atoms with van der Waals surface area (Å²) >= 11 is 0. The van der Waals surface area contributed by atoms with Gasteiger partial charge in [-0.2, -0.15) is 5.10 Å². The van der Waals surface area contributed by atoms with Gasteiger partial charge in [0.1, 0.15) is 5.82 Å². The van der Waals surface area contributed by atoms with Crippen molar-refractivity contribution in [1.29, 1.82) is 0 Å². The maximum atomic E-state index is 12.3. The van der Waals surface area contributed by atoms with Crippen LogP contribution < -0.4 is 5.32 Å². The maximum Gasteiger partial charge on any atom is 0.339 e. The van der Waals surface area contributed by atoms with Gasteiger partial charge in [-0.1, -0.05) is 6.07 Å². The Morgan fingerprint density at radius 3 is 2.58 bits per heavy atom. The van der Waals surface area contributed by atoms with Crippen molar-refractivity contribution < 1.29 is 19.2 Å². The van der Waals surface area contributed by atoms with Gasteiger partial charge in [-0.3, -0.25) is 14.9 Å². The average Bonchev–Trinajstić information content (AvgIpc) is 3.02. The van der Waals surface area contributed by atoms with Crippen molar-refractivity contribution in [2.75, 3.05) is 5.32 Å². The average molecular weight is 360 g/mol. The molecule has 0 bridgehead atoms. The molecule has 1 aromatic carbocycles. The number of ether oxygens (including phenoxy) is 1. The molecule has 0 unspecified atom stereocenters. The molecule has 2 rings (SSSR count). The molecule has 2 aromatic rings. The number of carbonyl (C=O) groups excluding carboxylic acids is 2. The molecule has 0 fully saturated rings. The number of amides is 1. The number of aromatic nitrogens is 2. The molecule has 9 heteroatoms. The van der Waals surface area contributed by atoms with Gasteiger partial charge in [0.05, 0.1) is 16.7 Å². The second kappa shape index (κ2) is 7.77.